The number of hydrogen-bond donors (Lipinski definition) is 2. The molecule has 0 radical (unpaired) electrons. The van der Waals surface area contributed by atoms with Crippen LogP contribution in [0.3, 0.4) is 0 Å². The first-order chi connectivity index (χ1) is 10.2. The normalized spacial score (nSPS) is 28.9. The van der Waals surface area contributed by atoms with E-state index in [2.05, 4.69) is 10.6 Å². The summed E-state index contributed by atoms with van der Waals surface area (Å²) in [4.78, 5) is 10.5. The predicted octanol–water partition coefficient (Wildman–Crippen LogP) is 2.61. The molecule has 21 heavy (non-hydrogen) atoms. The van der Waals surface area contributed by atoms with Gasteiger partial charge in [0.1, 0.15) is 0 Å². The Bertz CT molecular complexity index is 500. The van der Waals surface area contributed by atoms with Crippen LogP contribution in [0.1, 0.15) is 37.7 Å². The van der Waals surface area contributed by atoms with Crippen LogP contribution < -0.4 is 10.6 Å². The Labute approximate surface area is 125 Å². The van der Waals surface area contributed by atoms with Crippen molar-refractivity contribution in [1.82, 2.24) is 10.6 Å². The summed E-state index contributed by atoms with van der Waals surface area (Å²) in [6, 6.07) is 8.14. The zero-order valence-electron chi connectivity index (χ0n) is 12.3. The fraction of sp³-hybridized carbons (Fsp3) is 0.625. The molecule has 1 saturated heterocycles. The van der Waals surface area contributed by atoms with Crippen molar-refractivity contribution < 1.29 is 4.92 Å². The second-order valence-corrected chi connectivity index (χ2v) is 6.21. The van der Waals surface area contributed by atoms with Gasteiger partial charge < -0.3 is 10.6 Å². The molecule has 3 atom stereocenters. The smallest absolute Gasteiger partial charge is 0.269 e. The highest BCUT2D eigenvalue weighted by atomic mass is 16.6. The first-order valence-corrected chi connectivity index (χ1v) is 7.94. The summed E-state index contributed by atoms with van der Waals surface area (Å²) in [7, 11) is 0. The molecule has 0 bridgehead atoms. The Morgan fingerprint density at radius 3 is 2.95 bits per heavy atom. The molecule has 5 heteroatoms. The van der Waals surface area contributed by atoms with E-state index in [-0.39, 0.29) is 10.6 Å². The van der Waals surface area contributed by atoms with Gasteiger partial charge in [0.25, 0.3) is 5.69 Å². The topological polar surface area (TPSA) is 67.2 Å². The van der Waals surface area contributed by atoms with Crippen molar-refractivity contribution in [2.24, 2.45) is 5.92 Å². The van der Waals surface area contributed by atoms with E-state index in [0.29, 0.717) is 18.0 Å². The van der Waals surface area contributed by atoms with Gasteiger partial charge in [-0.3, -0.25) is 10.1 Å². The zero-order chi connectivity index (χ0) is 14.7. The Kier molecular flexibility index (Phi) is 4.51. The monoisotopic (exact) mass is 289 g/mol. The fourth-order valence-electron chi connectivity index (χ4n) is 3.83. The highest BCUT2D eigenvalue weighted by Crippen LogP contribution is 2.32. The Morgan fingerprint density at radius 2 is 2.19 bits per heavy atom. The van der Waals surface area contributed by atoms with Crippen LogP contribution in [0, 0.1) is 16.0 Å². The Hall–Kier alpha value is -1.46. The maximum Gasteiger partial charge on any atom is 0.269 e. The van der Waals surface area contributed by atoms with Gasteiger partial charge in [-0.2, -0.15) is 0 Å². The van der Waals surface area contributed by atoms with Crippen molar-refractivity contribution in [2.75, 3.05) is 6.54 Å². The van der Waals surface area contributed by atoms with Crippen molar-refractivity contribution in [3.8, 4) is 0 Å². The highest BCUT2D eigenvalue weighted by Gasteiger charge is 2.34. The molecule has 2 N–H and O–H groups in total. The van der Waals surface area contributed by atoms with E-state index >= 15 is 0 Å². The highest BCUT2D eigenvalue weighted by molar-refractivity contribution is 5.34. The molecule has 0 spiro atoms. The number of nitrogens with zero attached hydrogens (tertiary/aromatic N) is 1. The van der Waals surface area contributed by atoms with Gasteiger partial charge in [-0.25, -0.2) is 0 Å². The van der Waals surface area contributed by atoms with Crippen LogP contribution in [-0.4, -0.2) is 23.6 Å². The molecular formula is C16H23N3O2. The van der Waals surface area contributed by atoms with Gasteiger partial charge in [-0.15, -0.1) is 0 Å². The number of benzene rings is 1. The van der Waals surface area contributed by atoms with E-state index in [1.165, 1.54) is 32.1 Å². The van der Waals surface area contributed by atoms with Gasteiger partial charge in [0, 0.05) is 30.8 Å². The maximum atomic E-state index is 10.8. The van der Waals surface area contributed by atoms with Crippen molar-refractivity contribution >= 4 is 5.69 Å². The minimum absolute atomic E-state index is 0.176. The average Bonchev–Trinajstić information content (AvgIpc) is 3.16. The predicted molar refractivity (Wildman–Crippen MR) is 82.1 cm³/mol. The van der Waals surface area contributed by atoms with Crippen molar-refractivity contribution in [3.63, 3.8) is 0 Å². The molecule has 0 amide bonds. The number of rotatable bonds is 5. The molecule has 1 aromatic rings. The summed E-state index contributed by atoms with van der Waals surface area (Å²) in [5.74, 6) is 0.714. The third kappa shape index (κ3) is 3.41. The van der Waals surface area contributed by atoms with Crippen molar-refractivity contribution in [1.29, 1.82) is 0 Å². The largest absolute Gasteiger partial charge is 0.314 e. The van der Waals surface area contributed by atoms with E-state index in [1.54, 1.807) is 18.2 Å². The van der Waals surface area contributed by atoms with Gasteiger partial charge >= 0.3 is 0 Å². The lowest BCUT2D eigenvalue weighted by molar-refractivity contribution is -0.384. The standard InChI is InChI=1S/C16H23N3O2/c20-19(21)13-5-1-4-12(10-13)11-18-16-7-2-6-14(16)15-8-3-9-17-15/h1,4-5,10,14-18H,2-3,6-9,11H2. The summed E-state index contributed by atoms with van der Waals surface area (Å²) in [6.07, 6.45) is 6.38. The number of hydrogen-bond acceptors (Lipinski definition) is 4. The summed E-state index contributed by atoms with van der Waals surface area (Å²) < 4.78 is 0. The molecule has 3 unspecified atom stereocenters. The zero-order valence-corrected chi connectivity index (χ0v) is 12.3. The van der Waals surface area contributed by atoms with Crippen LogP contribution in [0.2, 0.25) is 0 Å². The molecule has 1 aromatic carbocycles. The third-order valence-corrected chi connectivity index (χ3v) is 4.87. The summed E-state index contributed by atoms with van der Waals surface area (Å²) in [5, 5.41) is 18.1. The molecule has 1 aliphatic carbocycles. The van der Waals surface area contributed by atoms with Gasteiger partial charge in [-0.05, 0) is 43.7 Å². The van der Waals surface area contributed by atoms with Gasteiger partial charge in [0.05, 0.1) is 4.92 Å². The lowest BCUT2D eigenvalue weighted by Crippen LogP contribution is -2.41. The van der Waals surface area contributed by atoms with Gasteiger partial charge in [-0.1, -0.05) is 18.6 Å². The molecule has 1 saturated carbocycles. The second kappa shape index (κ2) is 6.54. The minimum Gasteiger partial charge on any atom is -0.314 e. The Morgan fingerprint density at radius 1 is 1.29 bits per heavy atom. The fourth-order valence-corrected chi connectivity index (χ4v) is 3.83. The molecule has 114 valence electrons. The SMILES string of the molecule is O=[N+]([O-])c1cccc(CNC2CCCC2C2CCCN2)c1. The first-order valence-electron chi connectivity index (χ1n) is 7.94. The molecule has 0 aromatic heterocycles. The van der Waals surface area contributed by atoms with Gasteiger partial charge in [0.15, 0.2) is 0 Å². The van der Waals surface area contributed by atoms with Crippen LogP contribution in [0.25, 0.3) is 0 Å². The van der Waals surface area contributed by atoms with Crippen LogP contribution in [0.4, 0.5) is 5.69 Å². The van der Waals surface area contributed by atoms with Gasteiger partial charge in [0.2, 0.25) is 0 Å². The van der Waals surface area contributed by atoms with E-state index in [0.717, 1.165) is 18.7 Å². The lowest BCUT2D eigenvalue weighted by Gasteiger charge is -2.26. The number of nitrogens with one attached hydrogen (secondary N) is 2. The number of nitro groups is 1. The molecule has 5 nitrogen and oxygen atoms in total. The van der Waals surface area contributed by atoms with Crippen LogP contribution in [-0.2, 0) is 6.54 Å². The van der Waals surface area contributed by atoms with Crippen LogP contribution in [0.15, 0.2) is 24.3 Å². The average molecular weight is 289 g/mol. The summed E-state index contributed by atoms with van der Waals surface area (Å²) in [5.41, 5.74) is 1.17. The van der Waals surface area contributed by atoms with Crippen molar-refractivity contribution in [2.45, 2.75) is 50.7 Å². The van der Waals surface area contributed by atoms with Crippen LogP contribution in [0.5, 0.6) is 0 Å². The van der Waals surface area contributed by atoms with Crippen LogP contribution >= 0.6 is 0 Å². The first kappa shape index (κ1) is 14.5. The molecular weight excluding hydrogens is 266 g/mol. The van der Waals surface area contributed by atoms with E-state index in [9.17, 15) is 10.1 Å². The summed E-state index contributed by atoms with van der Waals surface area (Å²) >= 11 is 0. The molecule has 1 heterocycles. The second-order valence-electron chi connectivity index (χ2n) is 6.21. The molecule has 1 aliphatic heterocycles. The van der Waals surface area contributed by atoms with Crippen molar-refractivity contribution in [3.05, 3.63) is 39.9 Å². The number of non-ortho nitro benzene ring substituents is 1. The number of nitro benzene ring substituents is 1. The minimum atomic E-state index is -0.329. The lowest BCUT2D eigenvalue weighted by atomic mass is 9.93. The molecule has 2 aliphatic rings. The van der Waals surface area contributed by atoms with E-state index < -0.39 is 0 Å². The molecule has 3 rings (SSSR count). The Balaban J connectivity index is 1.58. The quantitative estimate of drug-likeness (QED) is 0.646. The molecule has 2 fully saturated rings. The van der Waals surface area contributed by atoms with E-state index in [4.69, 9.17) is 0 Å². The summed E-state index contributed by atoms with van der Waals surface area (Å²) in [6.45, 7) is 1.87. The maximum absolute atomic E-state index is 10.8. The third-order valence-electron chi connectivity index (χ3n) is 4.87. The van der Waals surface area contributed by atoms with E-state index in [1.807, 2.05) is 6.07 Å².